The molecule has 1 aliphatic heterocycles. The number of ether oxygens (including phenoxy) is 1. The third-order valence-electron chi connectivity index (χ3n) is 5.34. The topological polar surface area (TPSA) is 102 Å². The fourth-order valence-electron chi connectivity index (χ4n) is 3.47. The zero-order valence-electron chi connectivity index (χ0n) is 17.4. The highest BCUT2D eigenvalue weighted by Gasteiger charge is 2.27. The summed E-state index contributed by atoms with van der Waals surface area (Å²) in [4.78, 5) is 37.8. The Kier molecular flexibility index (Phi) is 7.25. The third-order valence-corrected chi connectivity index (χ3v) is 5.66. The molecule has 1 saturated heterocycles. The zero-order chi connectivity index (χ0) is 22.5. The molecule has 1 unspecified atom stereocenters. The fourth-order valence-corrected chi connectivity index (χ4v) is 3.66. The van der Waals surface area contributed by atoms with Gasteiger partial charge >= 0.3 is 0 Å². The molecule has 164 valence electrons. The van der Waals surface area contributed by atoms with E-state index in [9.17, 15) is 19.7 Å². The van der Waals surface area contributed by atoms with E-state index in [1.807, 2.05) is 26.0 Å². The lowest BCUT2D eigenvalue weighted by Gasteiger charge is -2.25. The second-order valence-electron chi connectivity index (χ2n) is 7.54. The van der Waals surface area contributed by atoms with E-state index in [1.54, 1.807) is 6.07 Å². The normalized spacial score (nSPS) is 15.5. The Morgan fingerprint density at radius 1 is 1.29 bits per heavy atom. The van der Waals surface area contributed by atoms with Crippen LogP contribution in [0.4, 0.5) is 11.4 Å². The van der Waals surface area contributed by atoms with Crippen molar-refractivity contribution in [2.24, 2.45) is 0 Å². The van der Waals surface area contributed by atoms with E-state index in [0.29, 0.717) is 12.3 Å². The number of anilines is 1. The molecule has 1 aliphatic rings. The van der Waals surface area contributed by atoms with Gasteiger partial charge in [0.25, 0.3) is 11.6 Å². The number of amides is 2. The number of rotatable bonds is 7. The number of nitro groups is 1. The summed E-state index contributed by atoms with van der Waals surface area (Å²) >= 11 is 5.86. The van der Waals surface area contributed by atoms with Crippen molar-refractivity contribution in [3.63, 3.8) is 0 Å². The average Bonchev–Trinajstić information content (AvgIpc) is 3.24. The fraction of sp³-hybridized carbons (Fsp3) is 0.364. The number of carbonyl (C=O) groups excluding carboxylic acids is 2. The van der Waals surface area contributed by atoms with Crippen LogP contribution in [0.15, 0.2) is 36.4 Å². The number of hydrogen-bond donors (Lipinski definition) is 1. The molecule has 0 aliphatic carbocycles. The number of carbonyl (C=O) groups is 2. The lowest BCUT2D eigenvalue weighted by Crippen LogP contribution is -2.42. The lowest BCUT2D eigenvalue weighted by atomic mass is 10.1. The molecule has 0 radical (unpaired) electrons. The molecule has 0 spiro atoms. The first-order chi connectivity index (χ1) is 14.8. The molecule has 2 aromatic carbocycles. The van der Waals surface area contributed by atoms with Gasteiger partial charge in [0.15, 0.2) is 0 Å². The van der Waals surface area contributed by atoms with Crippen molar-refractivity contribution < 1.29 is 19.2 Å². The van der Waals surface area contributed by atoms with Crippen LogP contribution in [0.25, 0.3) is 0 Å². The Labute approximate surface area is 185 Å². The maximum absolute atomic E-state index is 13.2. The maximum Gasteiger partial charge on any atom is 0.288 e. The molecule has 1 atom stereocenters. The molecule has 2 aromatic rings. The molecule has 9 heteroatoms. The van der Waals surface area contributed by atoms with Gasteiger partial charge in [-0.25, -0.2) is 0 Å². The van der Waals surface area contributed by atoms with Crippen LogP contribution in [-0.2, 0) is 9.53 Å². The molecule has 1 heterocycles. The largest absolute Gasteiger partial charge is 0.376 e. The van der Waals surface area contributed by atoms with Crippen LogP contribution >= 0.6 is 11.6 Å². The molecule has 8 nitrogen and oxygen atoms in total. The van der Waals surface area contributed by atoms with E-state index >= 15 is 0 Å². The number of hydrogen-bond acceptors (Lipinski definition) is 5. The second-order valence-corrected chi connectivity index (χ2v) is 7.95. The second kappa shape index (κ2) is 9.89. The summed E-state index contributed by atoms with van der Waals surface area (Å²) < 4.78 is 5.63. The van der Waals surface area contributed by atoms with E-state index in [-0.39, 0.29) is 41.4 Å². The molecule has 1 N–H and O–H groups in total. The smallest absolute Gasteiger partial charge is 0.288 e. The molecule has 0 bridgehead atoms. The Balaban J connectivity index is 1.81. The first kappa shape index (κ1) is 22.7. The minimum absolute atomic E-state index is 0.0557. The summed E-state index contributed by atoms with van der Waals surface area (Å²) in [6.07, 6.45) is 1.48. The summed E-state index contributed by atoms with van der Waals surface area (Å²) in [5.74, 6) is -0.852. The van der Waals surface area contributed by atoms with Crippen LogP contribution in [0.2, 0.25) is 5.02 Å². The Morgan fingerprint density at radius 3 is 2.74 bits per heavy atom. The summed E-state index contributed by atoms with van der Waals surface area (Å²) in [7, 11) is 0. The standard InChI is InChI=1S/C22H24ClN3O5/c1-14-5-3-7-19(15(14)2)24-21(27)13-25(12-17-6-4-10-31-17)22(28)16-8-9-18(23)20(11-16)26(29)30/h3,5,7-9,11,17H,4,6,10,12-13H2,1-2H3,(H,24,27). The van der Waals surface area contributed by atoms with Gasteiger partial charge in [0.2, 0.25) is 5.91 Å². The van der Waals surface area contributed by atoms with Crippen LogP contribution in [0.1, 0.15) is 34.3 Å². The lowest BCUT2D eigenvalue weighted by molar-refractivity contribution is -0.384. The van der Waals surface area contributed by atoms with Gasteiger partial charge in [0.1, 0.15) is 11.6 Å². The van der Waals surface area contributed by atoms with Gasteiger partial charge in [-0.1, -0.05) is 23.7 Å². The highest BCUT2D eigenvalue weighted by Crippen LogP contribution is 2.26. The Hall–Kier alpha value is -2.97. The summed E-state index contributed by atoms with van der Waals surface area (Å²) in [5, 5.41) is 14.0. The molecule has 0 aromatic heterocycles. The number of aryl methyl sites for hydroxylation is 1. The monoisotopic (exact) mass is 445 g/mol. The van der Waals surface area contributed by atoms with E-state index in [1.165, 1.54) is 17.0 Å². The highest BCUT2D eigenvalue weighted by atomic mass is 35.5. The predicted molar refractivity (Wildman–Crippen MR) is 118 cm³/mol. The number of halogens is 1. The van der Waals surface area contributed by atoms with Crippen molar-refractivity contribution >= 4 is 34.8 Å². The van der Waals surface area contributed by atoms with Gasteiger partial charge in [-0.05, 0) is 56.0 Å². The van der Waals surface area contributed by atoms with E-state index in [2.05, 4.69) is 5.32 Å². The van der Waals surface area contributed by atoms with Crippen molar-refractivity contribution in [3.8, 4) is 0 Å². The van der Waals surface area contributed by atoms with Crippen molar-refractivity contribution in [1.82, 2.24) is 4.90 Å². The van der Waals surface area contributed by atoms with Gasteiger partial charge < -0.3 is 15.0 Å². The third kappa shape index (κ3) is 5.59. The van der Waals surface area contributed by atoms with Crippen LogP contribution in [0, 0.1) is 24.0 Å². The minimum Gasteiger partial charge on any atom is -0.376 e. The average molecular weight is 446 g/mol. The van der Waals surface area contributed by atoms with Crippen LogP contribution in [0.3, 0.4) is 0 Å². The predicted octanol–water partition coefficient (Wildman–Crippen LogP) is 4.12. The molecule has 3 rings (SSSR count). The quantitative estimate of drug-likeness (QED) is 0.510. The number of benzene rings is 2. The summed E-state index contributed by atoms with van der Waals surface area (Å²) in [6.45, 7) is 4.48. The molecular weight excluding hydrogens is 422 g/mol. The molecular formula is C22H24ClN3O5. The first-order valence-corrected chi connectivity index (χ1v) is 10.3. The van der Waals surface area contributed by atoms with Crippen molar-refractivity contribution in [2.45, 2.75) is 32.8 Å². The molecule has 0 saturated carbocycles. The number of nitrogens with one attached hydrogen (secondary N) is 1. The first-order valence-electron chi connectivity index (χ1n) is 9.97. The van der Waals surface area contributed by atoms with Gasteiger partial charge in [0, 0.05) is 30.5 Å². The Bertz CT molecular complexity index is 1000. The van der Waals surface area contributed by atoms with Gasteiger partial charge in [0.05, 0.1) is 11.0 Å². The van der Waals surface area contributed by atoms with Crippen LogP contribution in [-0.4, -0.2) is 47.4 Å². The van der Waals surface area contributed by atoms with Crippen LogP contribution in [0.5, 0.6) is 0 Å². The highest BCUT2D eigenvalue weighted by molar-refractivity contribution is 6.32. The Morgan fingerprint density at radius 2 is 2.06 bits per heavy atom. The van der Waals surface area contributed by atoms with Crippen molar-refractivity contribution in [2.75, 3.05) is 25.0 Å². The van der Waals surface area contributed by atoms with Gasteiger partial charge in [-0.3, -0.25) is 19.7 Å². The van der Waals surface area contributed by atoms with Crippen molar-refractivity contribution in [1.29, 1.82) is 0 Å². The van der Waals surface area contributed by atoms with Crippen LogP contribution < -0.4 is 5.32 Å². The van der Waals surface area contributed by atoms with Gasteiger partial charge in [-0.2, -0.15) is 0 Å². The molecule has 2 amide bonds. The minimum atomic E-state index is -0.642. The summed E-state index contributed by atoms with van der Waals surface area (Å²) in [5.41, 5.74) is 2.40. The summed E-state index contributed by atoms with van der Waals surface area (Å²) in [6, 6.07) is 9.46. The maximum atomic E-state index is 13.2. The number of nitro benzene ring substituents is 1. The van der Waals surface area contributed by atoms with Crippen molar-refractivity contribution in [3.05, 3.63) is 68.2 Å². The molecule has 31 heavy (non-hydrogen) atoms. The van der Waals surface area contributed by atoms with Gasteiger partial charge in [-0.15, -0.1) is 0 Å². The zero-order valence-corrected chi connectivity index (χ0v) is 18.1. The SMILES string of the molecule is Cc1cccc(NC(=O)CN(CC2CCCO2)C(=O)c2ccc(Cl)c([N+](=O)[O-])c2)c1C. The van der Waals surface area contributed by atoms with E-state index in [0.717, 1.165) is 30.0 Å². The van der Waals surface area contributed by atoms with E-state index in [4.69, 9.17) is 16.3 Å². The van der Waals surface area contributed by atoms with E-state index < -0.39 is 10.8 Å². The molecule has 1 fully saturated rings. The number of nitrogens with zero attached hydrogens (tertiary/aromatic N) is 2.